The van der Waals surface area contributed by atoms with Crippen LogP contribution < -0.4 is 5.32 Å². The highest BCUT2D eigenvalue weighted by Gasteiger charge is 2.13. The standard InChI is InChI=1S/C13H20N6OS2/c1-4-7-9-15-18-13(19(9)6-3)21-8-10(20)14-12-17-16-11(5-2)22-12/h4-8H2,1-3H3,(H,14,17,20). The van der Waals surface area contributed by atoms with Gasteiger partial charge in [0, 0.05) is 13.0 Å². The summed E-state index contributed by atoms with van der Waals surface area (Å²) in [6.07, 6.45) is 2.75. The molecule has 0 saturated heterocycles. The predicted octanol–water partition coefficient (Wildman–Crippen LogP) is 2.40. The lowest BCUT2D eigenvalue weighted by Gasteiger charge is -2.06. The molecule has 7 nitrogen and oxygen atoms in total. The fraction of sp³-hybridized carbons (Fsp3) is 0.615. The van der Waals surface area contributed by atoms with Crippen molar-refractivity contribution in [3.8, 4) is 0 Å². The second-order valence-corrected chi connectivity index (χ2v) is 6.59. The molecule has 2 aromatic rings. The first kappa shape index (κ1) is 16.9. The van der Waals surface area contributed by atoms with Crippen molar-refractivity contribution >= 4 is 34.1 Å². The van der Waals surface area contributed by atoms with E-state index in [1.54, 1.807) is 0 Å². The van der Waals surface area contributed by atoms with Gasteiger partial charge in [-0.3, -0.25) is 10.1 Å². The van der Waals surface area contributed by atoms with Crippen molar-refractivity contribution in [3.05, 3.63) is 10.8 Å². The smallest absolute Gasteiger partial charge is 0.236 e. The highest BCUT2D eigenvalue weighted by molar-refractivity contribution is 7.99. The van der Waals surface area contributed by atoms with Crippen LogP contribution in [0.2, 0.25) is 0 Å². The molecular weight excluding hydrogens is 320 g/mol. The zero-order chi connectivity index (χ0) is 15.9. The zero-order valence-electron chi connectivity index (χ0n) is 13.0. The number of nitrogens with zero attached hydrogens (tertiary/aromatic N) is 5. The molecule has 1 N–H and O–H groups in total. The molecule has 2 heterocycles. The highest BCUT2D eigenvalue weighted by atomic mass is 32.2. The van der Waals surface area contributed by atoms with Crippen LogP contribution in [0.4, 0.5) is 5.13 Å². The van der Waals surface area contributed by atoms with E-state index < -0.39 is 0 Å². The number of carbonyl (C=O) groups excluding carboxylic acids is 1. The van der Waals surface area contributed by atoms with Gasteiger partial charge in [-0.15, -0.1) is 20.4 Å². The van der Waals surface area contributed by atoms with Crippen LogP contribution in [0.3, 0.4) is 0 Å². The van der Waals surface area contributed by atoms with Crippen molar-refractivity contribution in [1.82, 2.24) is 25.0 Å². The number of amides is 1. The molecule has 0 saturated carbocycles. The second-order valence-electron chi connectivity index (χ2n) is 4.58. The number of anilines is 1. The molecule has 0 aliphatic carbocycles. The van der Waals surface area contributed by atoms with Gasteiger partial charge >= 0.3 is 0 Å². The van der Waals surface area contributed by atoms with E-state index in [9.17, 15) is 4.79 Å². The predicted molar refractivity (Wildman–Crippen MR) is 88.3 cm³/mol. The minimum absolute atomic E-state index is 0.105. The molecule has 0 spiro atoms. The number of aromatic nitrogens is 5. The van der Waals surface area contributed by atoms with Crippen LogP contribution in [-0.4, -0.2) is 36.6 Å². The summed E-state index contributed by atoms with van der Waals surface area (Å²) in [6.45, 7) is 6.98. The van der Waals surface area contributed by atoms with Crippen LogP contribution in [-0.2, 0) is 24.2 Å². The molecule has 0 aliphatic heterocycles. The summed E-state index contributed by atoms with van der Waals surface area (Å²) in [5.74, 6) is 1.15. The van der Waals surface area contributed by atoms with Crippen LogP contribution in [0.5, 0.6) is 0 Å². The van der Waals surface area contributed by atoms with Gasteiger partial charge in [0.25, 0.3) is 0 Å². The second kappa shape index (κ2) is 8.23. The van der Waals surface area contributed by atoms with E-state index in [4.69, 9.17) is 0 Å². The topological polar surface area (TPSA) is 85.6 Å². The average Bonchev–Trinajstić information content (AvgIpc) is 3.12. The van der Waals surface area contributed by atoms with Gasteiger partial charge in [0.15, 0.2) is 5.16 Å². The number of aryl methyl sites for hydroxylation is 2. The number of rotatable bonds is 8. The number of nitrogens with one attached hydrogen (secondary N) is 1. The SMILES string of the molecule is CCCc1nnc(SCC(=O)Nc2nnc(CC)s2)n1CC. The summed E-state index contributed by atoms with van der Waals surface area (Å²) in [5.41, 5.74) is 0. The summed E-state index contributed by atoms with van der Waals surface area (Å²) in [6, 6.07) is 0. The van der Waals surface area contributed by atoms with Crippen LogP contribution in [0.1, 0.15) is 38.0 Å². The lowest BCUT2D eigenvalue weighted by Crippen LogP contribution is -2.14. The fourth-order valence-electron chi connectivity index (χ4n) is 1.88. The van der Waals surface area contributed by atoms with Crippen LogP contribution >= 0.6 is 23.1 Å². The van der Waals surface area contributed by atoms with Gasteiger partial charge in [-0.05, 0) is 19.8 Å². The van der Waals surface area contributed by atoms with E-state index in [0.29, 0.717) is 5.13 Å². The maximum absolute atomic E-state index is 12.0. The number of hydrogen-bond acceptors (Lipinski definition) is 7. The third kappa shape index (κ3) is 4.26. The van der Waals surface area contributed by atoms with E-state index >= 15 is 0 Å². The first-order valence-electron chi connectivity index (χ1n) is 7.35. The molecule has 0 unspecified atom stereocenters. The number of hydrogen-bond donors (Lipinski definition) is 1. The molecule has 0 fully saturated rings. The molecule has 0 radical (unpaired) electrons. The molecule has 0 aromatic carbocycles. The van der Waals surface area contributed by atoms with Crippen LogP contribution in [0.25, 0.3) is 0 Å². The normalized spacial score (nSPS) is 10.9. The third-order valence-corrected chi connectivity index (χ3v) is 4.88. The highest BCUT2D eigenvalue weighted by Crippen LogP contribution is 2.19. The van der Waals surface area contributed by atoms with E-state index in [-0.39, 0.29) is 11.7 Å². The van der Waals surface area contributed by atoms with Gasteiger partial charge in [0.1, 0.15) is 10.8 Å². The van der Waals surface area contributed by atoms with Crippen LogP contribution in [0.15, 0.2) is 5.16 Å². The van der Waals surface area contributed by atoms with E-state index in [0.717, 1.165) is 41.8 Å². The molecule has 1 amide bonds. The molecule has 0 aliphatic rings. The molecule has 9 heteroatoms. The summed E-state index contributed by atoms with van der Waals surface area (Å²) >= 11 is 2.80. The Morgan fingerprint density at radius 3 is 2.68 bits per heavy atom. The number of carbonyl (C=O) groups is 1. The van der Waals surface area contributed by atoms with E-state index in [1.807, 2.05) is 6.92 Å². The molecule has 0 atom stereocenters. The largest absolute Gasteiger partial charge is 0.306 e. The lowest BCUT2D eigenvalue weighted by molar-refractivity contribution is -0.113. The Kier molecular flexibility index (Phi) is 6.32. The average molecular weight is 340 g/mol. The minimum atomic E-state index is -0.105. The number of thioether (sulfide) groups is 1. The minimum Gasteiger partial charge on any atom is -0.306 e. The van der Waals surface area contributed by atoms with Gasteiger partial charge in [0.05, 0.1) is 5.75 Å². The fourth-order valence-corrected chi connectivity index (χ4v) is 3.40. The Morgan fingerprint density at radius 2 is 2.05 bits per heavy atom. The Morgan fingerprint density at radius 1 is 1.23 bits per heavy atom. The molecule has 2 aromatic heterocycles. The Balaban J connectivity index is 1.90. The summed E-state index contributed by atoms with van der Waals surface area (Å²) in [5, 5.41) is 21.3. The van der Waals surface area contributed by atoms with E-state index in [1.165, 1.54) is 23.1 Å². The van der Waals surface area contributed by atoms with Crippen molar-refractivity contribution < 1.29 is 4.79 Å². The van der Waals surface area contributed by atoms with Crippen LogP contribution in [0, 0.1) is 0 Å². The molecule has 2 rings (SSSR count). The molecule has 22 heavy (non-hydrogen) atoms. The first-order valence-corrected chi connectivity index (χ1v) is 9.15. The summed E-state index contributed by atoms with van der Waals surface area (Å²) in [7, 11) is 0. The zero-order valence-corrected chi connectivity index (χ0v) is 14.6. The summed E-state index contributed by atoms with van der Waals surface area (Å²) < 4.78 is 2.06. The van der Waals surface area contributed by atoms with Crippen molar-refractivity contribution in [3.63, 3.8) is 0 Å². The molecule has 0 bridgehead atoms. The van der Waals surface area contributed by atoms with E-state index in [2.05, 4.69) is 44.1 Å². The third-order valence-electron chi connectivity index (χ3n) is 2.93. The first-order chi connectivity index (χ1) is 10.7. The van der Waals surface area contributed by atoms with Gasteiger partial charge in [-0.2, -0.15) is 0 Å². The molecule has 120 valence electrons. The van der Waals surface area contributed by atoms with Gasteiger partial charge in [0.2, 0.25) is 11.0 Å². The maximum atomic E-state index is 12.0. The quantitative estimate of drug-likeness (QED) is 0.743. The van der Waals surface area contributed by atoms with Crippen molar-refractivity contribution in [2.75, 3.05) is 11.1 Å². The summed E-state index contributed by atoms with van der Waals surface area (Å²) in [4.78, 5) is 12.0. The lowest BCUT2D eigenvalue weighted by atomic mass is 10.3. The van der Waals surface area contributed by atoms with Gasteiger partial charge in [-0.1, -0.05) is 36.9 Å². The van der Waals surface area contributed by atoms with Gasteiger partial charge < -0.3 is 4.57 Å². The van der Waals surface area contributed by atoms with Gasteiger partial charge in [-0.25, -0.2) is 0 Å². The Labute approximate surface area is 137 Å². The Hall–Kier alpha value is -1.48. The van der Waals surface area contributed by atoms with Crippen molar-refractivity contribution in [1.29, 1.82) is 0 Å². The van der Waals surface area contributed by atoms with Crippen molar-refractivity contribution in [2.45, 2.75) is 51.7 Å². The monoisotopic (exact) mass is 340 g/mol. The maximum Gasteiger partial charge on any atom is 0.236 e. The van der Waals surface area contributed by atoms with Crippen molar-refractivity contribution in [2.24, 2.45) is 0 Å². The molecular formula is C13H20N6OS2. The Bertz CT molecular complexity index is 624.